The van der Waals surface area contributed by atoms with Crippen molar-refractivity contribution in [3.8, 4) is 0 Å². The normalized spacial score (nSPS) is 37.6. The fraction of sp³-hybridized carbons (Fsp3) is 1.00. The molecule has 2 saturated carbocycles. The van der Waals surface area contributed by atoms with Crippen LogP contribution in [0.15, 0.2) is 0 Å². The van der Waals surface area contributed by atoms with Crippen LogP contribution in [0.4, 0.5) is 13.2 Å². The standard InChI is InChI=1S/C16H28F3N/c1-11-6-5-7-12(10-11)15(20-2)13-8-3-4-9-14(13)16(17,18)19/h11-15,20H,3-10H2,1-2H3. The Morgan fingerprint density at radius 1 is 1.00 bits per heavy atom. The third-order valence-corrected chi connectivity index (χ3v) is 5.52. The van der Waals surface area contributed by atoms with Crippen LogP contribution in [0.3, 0.4) is 0 Å². The van der Waals surface area contributed by atoms with Gasteiger partial charge in [-0.25, -0.2) is 0 Å². The van der Waals surface area contributed by atoms with Crippen LogP contribution in [-0.4, -0.2) is 19.3 Å². The van der Waals surface area contributed by atoms with Crippen LogP contribution >= 0.6 is 0 Å². The van der Waals surface area contributed by atoms with Gasteiger partial charge >= 0.3 is 6.18 Å². The largest absolute Gasteiger partial charge is 0.392 e. The van der Waals surface area contributed by atoms with E-state index in [1.54, 1.807) is 0 Å². The van der Waals surface area contributed by atoms with Crippen molar-refractivity contribution in [2.75, 3.05) is 7.05 Å². The SMILES string of the molecule is CNC(C1CCCC(C)C1)C1CCCCC1C(F)(F)F. The molecule has 0 heterocycles. The minimum absolute atomic E-state index is 0.0460. The van der Waals surface area contributed by atoms with Gasteiger partial charge in [0.05, 0.1) is 5.92 Å². The minimum Gasteiger partial charge on any atom is -0.316 e. The maximum Gasteiger partial charge on any atom is 0.392 e. The summed E-state index contributed by atoms with van der Waals surface area (Å²) >= 11 is 0. The average molecular weight is 291 g/mol. The zero-order chi connectivity index (χ0) is 14.8. The highest BCUT2D eigenvalue weighted by molar-refractivity contribution is 4.92. The Labute approximate surface area is 120 Å². The lowest BCUT2D eigenvalue weighted by atomic mass is 9.67. The van der Waals surface area contributed by atoms with E-state index in [2.05, 4.69) is 12.2 Å². The number of hydrogen-bond donors (Lipinski definition) is 1. The first kappa shape index (κ1) is 16.1. The van der Waals surface area contributed by atoms with Gasteiger partial charge in [-0.05, 0) is 50.5 Å². The maximum atomic E-state index is 13.3. The summed E-state index contributed by atoms with van der Waals surface area (Å²) in [7, 11) is 1.85. The molecule has 0 bridgehead atoms. The Kier molecular flexibility index (Phi) is 5.38. The van der Waals surface area contributed by atoms with Gasteiger partial charge in [0.2, 0.25) is 0 Å². The van der Waals surface area contributed by atoms with Gasteiger partial charge in [-0.1, -0.05) is 32.6 Å². The molecule has 20 heavy (non-hydrogen) atoms. The molecule has 0 radical (unpaired) electrons. The van der Waals surface area contributed by atoms with Crippen molar-refractivity contribution < 1.29 is 13.2 Å². The summed E-state index contributed by atoms with van der Waals surface area (Å²) in [5.41, 5.74) is 0. The third-order valence-electron chi connectivity index (χ3n) is 5.52. The molecule has 5 unspecified atom stereocenters. The van der Waals surface area contributed by atoms with Crippen LogP contribution in [0.5, 0.6) is 0 Å². The van der Waals surface area contributed by atoms with E-state index in [1.807, 2.05) is 7.05 Å². The van der Waals surface area contributed by atoms with Gasteiger partial charge in [0, 0.05) is 6.04 Å². The molecule has 2 aliphatic carbocycles. The monoisotopic (exact) mass is 291 g/mol. The van der Waals surface area contributed by atoms with E-state index < -0.39 is 12.1 Å². The number of rotatable bonds is 3. The molecule has 0 amide bonds. The predicted molar refractivity (Wildman–Crippen MR) is 75.5 cm³/mol. The Hall–Kier alpha value is -0.250. The molecule has 1 nitrogen and oxygen atoms in total. The van der Waals surface area contributed by atoms with Crippen LogP contribution in [0.1, 0.15) is 58.3 Å². The summed E-state index contributed by atoms with van der Waals surface area (Å²) in [6.45, 7) is 2.24. The molecule has 118 valence electrons. The highest BCUT2D eigenvalue weighted by atomic mass is 19.4. The first-order chi connectivity index (χ1) is 9.43. The second-order valence-electron chi connectivity index (χ2n) is 6.94. The summed E-state index contributed by atoms with van der Waals surface area (Å²) in [6, 6.07) is 0.0460. The van der Waals surface area contributed by atoms with Crippen molar-refractivity contribution in [1.82, 2.24) is 5.32 Å². The van der Waals surface area contributed by atoms with Crippen molar-refractivity contribution in [2.45, 2.75) is 70.5 Å². The van der Waals surface area contributed by atoms with Crippen molar-refractivity contribution in [3.63, 3.8) is 0 Å². The van der Waals surface area contributed by atoms with E-state index in [-0.39, 0.29) is 12.0 Å². The van der Waals surface area contributed by atoms with Crippen LogP contribution in [0.2, 0.25) is 0 Å². The lowest BCUT2D eigenvalue weighted by Gasteiger charge is -2.43. The van der Waals surface area contributed by atoms with E-state index in [0.29, 0.717) is 18.3 Å². The molecular formula is C16H28F3N. The first-order valence-electron chi connectivity index (χ1n) is 8.17. The molecule has 0 spiro atoms. The van der Waals surface area contributed by atoms with E-state index >= 15 is 0 Å². The minimum atomic E-state index is -4.03. The molecule has 1 N–H and O–H groups in total. The molecule has 0 aromatic heterocycles. The first-order valence-corrected chi connectivity index (χ1v) is 8.17. The molecule has 0 aromatic carbocycles. The summed E-state index contributed by atoms with van der Waals surface area (Å²) in [5.74, 6) is -0.218. The molecule has 0 saturated heterocycles. The fourth-order valence-electron chi connectivity index (χ4n) is 4.60. The molecule has 4 heteroatoms. The van der Waals surface area contributed by atoms with Gasteiger partial charge in [0.1, 0.15) is 0 Å². The zero-order valence-electron chi connectivity index (χ0n) is 12.7. The predicted octanol–water partition coefficient (Wildman–Crippen LogP) is 4.77. The molecule has 0 aliphatic heterocycles. The van der Waals surface area contributed by atoms with Gasteiger partial charge in [-0.15, -0.1) is 0 Å². The second-order valence-corrected chi connectivity index (χ2v) is 6.94. The Balaban J connectivity index is 2.11. The van der Waals surface area contributed by atoms with Gasteiger partial charge in [-0.2, -0.15) is 13.2 Å². The number of hydrogen-bond acceptors (Lipinski definition) is 1. The van der Waals surface area contributed by atoms with E-state index in [9.17, 15) is 13.2 Å². The summed E-state index contributed by atoms with van der Waals surface area (Å²) in [4.78, 5) is 0. The molecule has 0 aromatic rings. The zero-order valence-corrected chi connectivity index (χ0v) is 12.7. The molecule has 2 rings (SSSR count). The van der Waals surface area contributed by atoms with Crippen LogP contribution in [0.25, 0.3) is 0 Å². The van der Waals surface area contributed by atoms with Gasteiger partial charge < -0.3 is 5.32 Å². The molecule has 5 atom stereocenters. The van der Waals surface area contributed by atoms with Crippen molar-refractivity contribution in [3.05, 3.63) is 0 Å². The Morgan fingerprint density at radius 3 is 2.30 bits per heavy atom. The van der Waals surface area contributed by atoms with E-state index in [0.717, 1.165) is 32.1 Å². The summed E-state index contributed by atoms with van der Waals surface area (Å²) in [5, 5.41) is 3.26. The van der Waals surface area contributed by atoms with Crippen LogP contribution in [-0.2, 0) is 0 Å². The van der Waals surface area contributed by atoms with Gasteiger partial charge in [0.15, 0.2) is 0 Å². The van der Waals surface area contributed by atoms with Gasteiger partial charge in [-0.3, -0.25) is 0 Å². The van der Waals surface area contributed by atoms with Crippen LogP contribution < -0.4 is 5.32 Å². The van der Waals surface area contributed by atoms with Crippen molar-refractivity contribution in [2.24, 2.45) is 23.7 Å². The Morgan fingerprint density at radius 2 is 1.70 bits per heavy atom. The lowest BCUT2D eigenvalue weighted by Crippen LogP contribution is -2.49. The topological polar surface area (TPSA) is 12.0 Å². The van der Waals surface area contributed by atoms with Crippen molar-refractivity contribution in [1.29, 1.82) is 0 Å². The highest BCUT2D eigenvalue weighted by Gasteiger charge is 2.49. The number of halogens is 3. The average Bonchev–Trinajstić information content (AvgIpc) is 2.39. The van der Waals surface area contributed by atoms with E-state index in [1.165, 1.54) is 12.8 Å². The lowest BCUT2D eigenvalue weighted by molar-refractivity contribution is -0.201. The Bertz CT molecular complexity index is 303. The van der Waals surface area contributed by atoms with Crippen molar-refractivity contribution >= 4 is 0 Å². The summed E-state index contributed by atoms with van der Waals surface area (Å²) < 4.78 is 39.9. The molecule has 2 fully saturated rings. The fourth-order valence-corrected chi connectivity index (χ4v) is 4.60. The molecule has 2 aliphatic rings. The van der Waals surface area contributed by atoms with E-state index in [4.69, 9.17) is 0 Å². The number of alkyl halides is 3. The molecular weight excluding hydrogens is 263 g/mol. The maximum absolute atomic E-state index is 13.3. The smallest absolute Gasteiger partial charge is 0.316 e. The summed E-state index contributed by atoms with van der Waals surface area (Å²) in [6.07, 6.45) is 3.32. The third kappa shape index (κ3) is 3.69. The second kappa shape index (κ2) is 6.67. The number of nitrogens with one attached hydrogen (secondary N) is 1. The van der Waals surface area contributed by atoms with Gasteiger partial charge in [0.25, 0.3) is 0 Å². The van der Waals surface area contributed by atoms with Crippen LogP contribution in [0, 0.1) is 23.7 Å². The highest BCUT2D eigenvalue weighted by Crippen LogP contribution is 2.46. The quantitative estimate of drug-likeness (QED) is 0.790.